The van der Waals surface area contributed by atoms with Crippen molar-refractivity contribution in [2.24, 2.45) is 5.92 Å². The topological polar surface area (TPSA) is 33.3 Å². The molecule has 0 amide bonds. The summed E-state index contributed by atoms with van der Waals surface area (Å²) < 4.78 is 5.74. The van der Waals surface area contributed by atoms with Gasteiger partial charge in [-0.05, 0) is 42.7 Å². The monoisotopic (exact) mass is 298 g/mol. The Morgan fingerprint density at radius 3 is 2.18 bits per heavy atom. The van der Waals surface area contributed by atoms with Crippen LogP contribution in [-0.4, -0.2) is 19.7 Å². The number of nitrogens with one attached hydrogen (secondary N) is 2. The Labute approximate surface area is 133 Å². The van der Waals surface area contributed by atoms with Gasteiger partial charge in [0.15, 0.2) is 0 Å². The number of anilines is 2. The zero-order valence-corrected chi connectivity index (χ0v) is 13.7. The first-order valence-corrected chi connectivity index (χ1v) is 7.91. The van der Waals surface area contributed by atoms with Crippen LogP contribution in [0, 0.1) is 12.8 Å². The maximum atomic E-state index is 5.74. The van der Waals surface area contributed by atoms with Crippen LogP contribution < -0.4 is 15.4 Å². The van der Waals surface area contributed by atoms with E-state index in [1.54, 1.807) is 0 Å². The van der Waals surface area contributed by atoms with Crippen molar-refractivity contribution in [3.8, 4) is 5.75 Å². The summed E-state index contributed by atoms with van der Waals surface area (Å²) in [5.74, 6) is 1.46. The second-order valence-electron chi connectivity index (χ2n) is 5.96. The molecule has 0 aliphatic heterocycles. The van der Waals surface area contributed by atoms with Crippen molar-refractivity contribution in [1.82, 2.24) is 0 Å². The third kappa shape index (κ3) is 5.68. The number of ether oxygens (including phenoxy) is 1. The molecule has 0 radical (unpaired) electrons. The van der Waals surface area contributed by atoms with Crippen molar-refractivity contribution < 1.29 is 4.74 Å². The molecule has 2 N–H and O–H groups in total. The molecule has 2 aromatic rings. The van der Waals surface area contributed by atoms with E-state index < -0.39 is 0 Å². The molecule has 0 aromatic heterocycles. The van der Waals surface area contributed by atoms with Crippen LogP contribution in [0.5, 0.6) is 5.75 Å². The average molecular weight is 298 g/mol. The minimum Gasteiger partial charge on any atom is -0.493 e. The Balaban J connectivity index is 1.75. The van der Waals surface area contributed by atoms with Gasteiger partial charge in [-0.2, -0.15) is 0 Å². The maximum absolute atomic E-state index is 5.74. The van der Waals surface area contributed by atoms with Crippen LogP contribution in [0.1, 0.15) is 19.4 Å². The van der Waals surface area contributed by atoms with Gasteiger partial charge in [-0.3, -0.25) is 0 Å². The largest absolute Gasteiger partial charge is 0.493 e. The molecule has 0 saturated heterocycles. The molecule has 0 aliphatic rings. The summed E-state index contributed by atoms with van der Waals surface area (Å²) in [7, 11) is 0. The van der Waals surface area contributed by atoms with Crippen LogP contribution >= 0.6 is 0 Å². The second kappa shape index (κ2) is 8.32. The summed E-state index contributed by atoms with van der Waals surface area (Å²) in [6.07, 6.45) is 0. The van der Waals surface area contributed by atoms with E-state index in [0.29, 0.717) is 5.92 Å². The van der Waals surface area contributed by atoms with E-state index in [1.807, 2.05) is 12.1 Å². The lowest BCUT2D eigenvalue weighted by Crippen LogP contribution is -2.13. The molecule has 0 atom stereocenters. The lowest BCUT2D eigenvalue weighted by atomic mass is 10.2. The van der Waals surface area contributed by atoms with Crippen molar-refractivity contribution in [3.05, 3.63) is 54.1 Å². The van der Waals surface area contributed by atoms with Gasteiger partial charge in [0.2, 0.25) is 0 Å². The molecule has 118 valence electrons. The molecule has 0 bridgehead atoms. The summed E-state index contributed by atoms with van der Waals surface area (Å²) in [5.41, 5.74) is 3.52. The second-order valence-corrected chi connectivity index (χ2v) is 5.96. The fourth-order valence-corrected chi connectivity index (χ4v) is 2.13. The fraction of sp³-hybridized carbons (Fsp3) is 0.368. The summed E-state index contributed by atoms with van der Waals surface area (Å²) >= 11 is 0. The Bertz CT molecular complexity index is 581. The van der Waals surface area contributed by atoms with E-state index >= 15 is 0 Å². The minimum atomic E-state index is 0.537. The summed E-state index contributed by atoms with van der Waals surface area (Å²) in [6.45, 7) is 8.89. The van der Waals surface area contributed by atoms with Crippen molar-refractivity contribution in [3.63, 3.8) is 0 Å². The van der Waals surface area contributed by atoms with Crippen molar-refractivity contribution in [1.29, 1.82) is 0 Å². The van der Waals surface area contributed by atoms with Gasteiger partial charge in [0.1, 0.15) is 5.75 Å². The predicted octanol–water partition coefficient (Wildman–Crippen LogP) is 4.55. The van der Waals surface area contributed by atoms with E-state index in [2.05, 4.69) is 67.8 Å². The van der Waals surface area contributed by atoms with Crippen LogP contribution in [0.4, 0.5) is 11.4 Å². The first kappa shape index (κ1) is 16.2. The van der Waals surface area contributed by atoms with Gasteiger partial charge in [-0.15, -0.1) is 0 Å². The lowest BCUT2D eigenvalue weighted by molar-refractivity contribution is 0.271. The van der Waals surface area contributed by atoms with Gasteiger partial charge < -0.3 is 15.4 Å². The van der Waals surface area contributed by atoms with Gasteiger partial charge in [0, 0.05) is 30.5 Å². The van der Waals surface area contributed by atoms with Gasteiger partial charge in [-0.1, -0.05) is 32.0 Å². The lowest BCUT2D eigenvalue weighted by Gasteiger charge is -2.12. The van der Waals surface area contributed by atoms with Gasteiger partial charge in [0.25, 0.3) is 0 Å². The molecule has 3 nitrogen and oxygen atoms in total. The predicted molar refractivity (Wildman–Crippen MR) is 94.9 cm³/mol. The molecule has 2 rings (SSSR count). The van der Waals surface area contributed by atoms with Gasteiger partial charge in [-0.25, -0.2) is 0 Å². The molecular weight excluding hydrogens is 272 g/mol. The Hall–Kier alpha value is -2.16. The highest BCUT2D eigenvalue weighted by Crippen LogP contribution is 2.18. The first-order chi connectivity index (χ1) is 10.6. The minimum absolute atomic E-state index is 0.537. The molecule has 0 spiro atoms. The smallest absolute Gasteiger partial charge is 0.121 e. The highest BCUT2D eigenvalue weighted by atomic mass is 16.5. The zero-order valence-electron chi connectivity index (χ0n) is 13.7. The van der Waals surface area contributed by atoms with Crippen molar-refractivity contribution >= 4 is 11.4 Å². The third-order valence-electron chi connectivity index (χ3n) is 3.22. The molecule has 0 unspecified atom stereocenters. The van der Waals surface area contributed by atoms with E-state index in [-0.39, 0.29) is 0 Å². The number of rotatable bonds is 8. The fourth-order valence-electron chi connectivity index (χ4n) is 2.13. The van der Waals surface area contributed by atoms with Gasteiger partial charge in [0.05, 0.1) is 6.61 Å². The summed E-state index contributed by atoms with van der Waals surface area (Å²) in [6, 6.07) is 16.6. The number of hydrogen-bond acceptors (Lipinski definition) is 3. The SMILES string of the molecule is Cc1cccc(NCCNc2cccc(OCC(C)C)c2)c1. The molecule has 2 aromatic carbocycles. The van der Waals surface area contributed by atoms with E-state index in [0.717, 1.165) is 36.8 Å². The molecule has 22 heavy (non-hydrogen) atoms. The Morgan fingerprint density at radius 1 is 0.909 bits per heavy atom. The van der Waals surface area contributed by atoms with Crippen LogP contribution in [0.3, 0.4) is 0 Å². The molecule has 0 saturated carbocycles. The van der Waals surface area contributed by atoms with Crippen molar-refractivity contribution in [2.45, 2.75) is 20.8 Å². The molecular formula is C19H26N2O. The summed E-state index contributed by atoms with van der Waals surface area (Å²) in [4.78, 5) is 0. The summed E-state index contributed by atoms with van der Waals surface area (Å²) in [5, 5.41) is 6.83. The number of aryl methyl sites for hydroxylation is 1. The first-order valence-electron chi connectivity index (χ1n) is 7.91. The zero-order chi connectivity index (χ0) is 15.8. The Kier molecular flexibility index (Phi) is 6.13. The van der Waals surface area contributed by atoms with Crippen LogP contribution in [-0.2, 0) is 0 Å². The maximum Gasteiger partial charge on any atom is 0.121 e. The standard InChI is InChI=1S/C19H26N2O/c1-15(2)14-22-19-9-5-8-18(13-19)21-11-10-20-17-7-4-6-16(3)12-17/h4-9,12-13,15,20-21H,10-11,14H2,1-3H3. The average Bonchev–Trinajstić information content (AvgIpc) is 2.50. The highest BCUT2D eigenvalue weighted by Gasteiger charge is 1.99. The van der Waals surface area contributed by atoms with E-state index in [4.69, 9.17) is 4.74 Å². The van der Waals surface area contributed by atoms with Crippen LogP contribution in [0.25, 0.3) is 0 Å². The molecule has 0 aliphatic carbocycles. The van der Waals surface area contributed by atoms with E-state index in [1.165, 1.54) is 5.56 Å². The normalized spacial score (nSPS) is 10.5. The Morgan fingerprint density at radius 2 is 1.55 bits per heavy atom. The van der Waals surface area contributed by atoms with E-state index in [9.17, 15) is 0 Å². The quantitative estimate of drug-likeness (QED) is 0.701. The molecule has 0 heterocycles. The van der Waals surface area contributed by atoms with Crippen molar-refractivity contribution in [2.75, 3.05) is 30.3 Å². The van der Waals surface area contributed by atoms with Crippen LogP contribution in [0.2, 0.25) is 0 Å². The molecule has 0 fully saturated rings. The van der Waals surface area contributed by atoms with Gasteiger partial charge >= 0.3 is 0 Å². The highest BCUT2D eigenvalue weighted by molar-refractivity contribution is 5.49. The van der Waals surface area contributed by atoms with Crippen LogP contribution in [0.15, 0.2) is 48.5 Å². The number of benzene rings is 2. The molecule has 3 heteroatoms. The third-order valence-corrected chi connectivity index (χ3v) is 3.22. The number of hydrogen-bond donors (Lipinski definition) is 2.